The molecular formula is C49H73BN2S. The third-order valence-corrected chi connectivity index (χ3v) is 13.8. The van der Waals surface area contributed by atoms with Gasteiger partial charge >= 0.3 is 0 Å². The molecule has 0 bridgehead atoms. The maximum absolute atomic E-state index is 2.70. The molecule has 2 aliphatic heterocycles. The van der Waals surface area contributed by atoms with Crippen molar-refractivity contribution in [3.63, 3.8) is 0 Å². The molecule has 53 heavy (non-hydrogen) atoms. The molecule has 4 heteroatoms. The van der Waals surface area contributed by atoms with Gasteiger partial charge in [-0.05, 0) is 125 Å². The summed E-state index contributed by atoms with van der Waals surface area (Å²) < 4.78 is 1.46. The van der Waals surface area contributed by atoms with Gasteiger partial charge in [-0.3, -0.25) is 0 Å². The Morgan fingerprint density at radius 1 is 0.925 bits per heavy atom. The first-order valence-corrected chi connectivity index (χ1v) is 21.5. The van der Waals surface area contributed by atoms with Crippen molar-refractivity contribution < 1.29 is 0 Å². The lowest BCUT2D eigenvalue weighted by Crippen LogP contribution is -2.50. The summed E-state index contributed by atoms with van der Waals surface area (Å²) >= 11 is 2.05. The van der Waals surface area contributed by atoms with E-state index in [4.69, 9.17) is 0 Å². The molecule has 0 amide bonds. The maximum Gasteiger partial charge on any atom is 0.247 e. The summed E-state index contributed by atoms with van der Waals surface area (Å²) in [4.78, 5) is 5.24. The third-order valence-electron chi connectivity index (χ3n) is 12.6. The van der Waals surface area contributed by atoms with E-state index in [9.17, 15) is 0 Å². The summed E-state index contributed by atoms with van der Waals surface area (Å²) in [7, 11) is 0. The molecule has 288 valence electrons. The van der Waals surface area contributed by atoms with Crippen LogP contribution in [0.3, 0.4) is 0 Å². The van der Waals surface area contributed by atoms with Crippen LogP contribution in [0, 0.1) is 22.2 Å². The van der Waals surface area contributed by atoms with Crippen LogP contribution in [0.4, 0.5) is 5.00 Å². The van der Waals surface area contributed by atoms with Gasteiger partial charge in [-0.25, -0.2) is 0 Å². The predicted molar refractivity (Wildman–Crippen MR) is 240 cm³/mol. The number of hydrogen-bond donors (Lipinski definition) is 0. The van der Waals surface area contributed by atoms with Crippen molar-refractivity contribution >= 4 is 38.6 Å². The Morgan fingerprint density at radius 2 is 1.55 bits per heavy atom. The van der Waals surface area contributed by atoms with Gasteiger partial charge in [0.15, 0.2) is 0 Å². The minimum absolute atomic E-state index is 0.0999. The largest absolute Gasteiger partial charge is 0.357 e. The Kier molecular flexibility index (Phi) is 11.8. The molecule has 0 spiro atoms. The standard InChI is InChI=1S/C49H73BN2S/c1-17-20-34(2)21-24-47(11,12)23-19-28-52-33-37-32-51(27-18-22-45(5,6)7)36(4)41(29-35(3)46(8,9)10)50(37)43-38-30-39-40(31-42(38)53-44(43)52)49(15,16)26-25-48(39,13)14/h17-20,22-23,29-32,34H,21,24-28,33H2,1-16H3/b20-17+,22-18+,23-19+,35-29+. The Labute approximate surface area is 330 Å². The van der Waals surface area contributed by atoms with E-state index < -0.39 is 0 Å². The van der Waals surface area contributed by atoms with Crippen LogP contribution in [-0.4, -0.2) is 31.2 Å². The second-order valence-corrected chi connectivity index (χ2v) is 22.0. The van der Waals surface area contributed by atoms with Crippen LogP contribution >= 0.6 is 11.3 Å². The van der Waals surface area contributed by atoms with E-state index in [1.54, 1.807) is 11.1 Å². The van der Waals surface area contributed by atoms with Gasteiger partial charge in [0, 0.05) is 30.0 Å². The van der Waals surface area contributed by atoms with Gasteiger partial charge in [-0.1, -0.05) is 144 Å². The molecule has 1 aromatic heterocycles. The zero-order valence-corrected chi connectivity index (χ0v) is 37.5. The molecular weight excluding hydrogens is 659 g/mol. The molecule has 0 radical (unpaired) electrons. The molecule has 1 atom stereocenters. The van der Waals surface area contributed by atoms with Crippen molar-refractivity contribution in [3.8, 4) is 0 Å². The molecule has 1 aromatic carbocycles. The van der Waals surface area contributed by atoms with E-state index in [1.165, 1.54) is 68.4 Å². The quantitative estimate of drug-likeness (QED) is 0.177. The van der Waals surface area contributed by atoms with Crippen LogP contribution in [0.1, 0.15) is 148 Å². The summed E-state index contributed by atoms with van der Waals surface area (Å²) in [5, 5.41) is 2.95. The van der Waals surface area contributed by atoms with Crippen LogP contribution in [0.25, 0.3) is 10.1 Å². The highest BCUT2D eigenvalue weighted by molar-refractivity contribution is 7.25. The summed E-state index contributed by atoms with van der Waals surface area (Å²) in [5.41, 5.74) is 11.3. The van der Waals surface area contributed by atoms with Crippen LogP contribution in [0.2, 0.25) is 0 Å². The van der Waals surface area contributed by atoms with Gasteiger partial charge in [0.25, 0.3) is 0 Å². The molecule has 2 aromatic rings. The monoisotopic (exact) mass is 733 g/mol. The third kappa shape index (κ3) is 9.23. The number of allylic oxidation sites excluding steroid dienone is 8. The lowest BCUT2D eigenvalue weighted by molar-refractivity contribution is 0.332. The van der Waals surface area contributed by atoms with E-state index in [2.05, 4.69) is 181 Å². The summed E-state index contributed by atoms with van der Waals surface area (Å²) in [6.07, 6.45) is 24.2. The number of nitrogens with zero attached hydrogens (tertiary/aromatic N) is 2. The number of hydrogen-bond acceptors (Lipinski definition) is 3. The summed E-state index contributed by atoms with van der Waals surface area (Å²) in [5.74, 6) is 0.620. The van der Waals surface area contributed by atoms with Gasteiger partial charge in [-0.15, -0.1) is 11.3 Å². The first-order chi connectivity index (χ1) is 24.4. The first kappa shape index (κ1) is 41.4. The topological polar surface area (TPSA) is 6.48 Å². The van der Waals surface area contributed by atoms with Crippen LogP contribution in [0.15, 0.2) is 83.1 Å². The molecule has 2 nitrogen and oxygen atoms in total. The van der Waals surface area contributed by atoms with Gasteiger partial charge in [0.05, 0.1) is 5.00 Å². The molecule has 1 unspecified atom stereocenters. The number of thiophene rings is 1. The van der Waals surface area contributed by atoms with Crippen molar-refractivity contribution in [1.82, 2.24) is 4.90 Å². The van der Waals surface area contributed by atoms with Crippen molar-refractivity contribution in [1.29, 1.82) is 0 Å². The van der Waals surface area contributed by atoms with E-state index in [1.807, 2.05) is 11.3 Å². The number of anilines is 1. The zero-order valence-electron chi connectivity index (χ0n) is 36.7. The van der Waals surface area contributed by atoms with Gasteiger partial charge in [0.2, 0.25) is 6.71 Å². The predicted octanol–water partition coefficient (Wildman–Crippen LogP) is 13.5. The molecule has 3 aliphatic rings. The fourth-order valence-electron chi connectivity index (χ4n) is 8.49. The van der Waals surface area contributed by atoms with Crippen LogP contribution < -0.4 is 10.4 Å². The highest BCUT2D eigenvalue weighted by atomic mass is 32.1. The van der Waals surface area contributed by atoms with E-state index in [0.29, 0.717) is 5.92 Å². The molecule has 3 heterocycles. The lowest BCUT2D eigenvalue weighted by Gasteiger charge is -2.42. The molecule has 0 saturated heterocycles. The van der Waals surface area contributed by atoms with Crippen molar-refractivity contribution in [2.45, 2.75) is 147 Å². The molecule has 0 saturated carbocycles. The highest BCUT2D eigenvalue weighted by Crippen LogP contribution is 2.49. The number of fused-ring (bicyclic) bond motifs is 6. The molecule has 0 fully saturated rings. The fraction of sp³-hybridized carbons (Fsp3) is 0.592. The number of rotatable bonds is 10. The average Bonchev–Trinajstić information content (AvgIpc) is 3.41. The van der Waals surface area contributed by atoms with Crippen LogP contribution in [0.5, 0.6) is 0 Å². The second-order valence-electron chi connectivity index (χ2n) is 21.0. The van der Waals surface area contributed by atoms with Crippen molar-refractivity contribution in [2.75, 3.05) is 24.5 Å². The first-order valence-electron chi connectivity index (χ1n) is 20.7. The Hall–Kier alpha value is -2.72. The average molecular weight is 733 g/mol. The summed E-state index contributed by atoms with van der Waals surface area (Å²) in [6.45, 7) is 40.9. The molecule has 5 rings (SSSR count). The van der Waals surface area contributed by atoms with Crippen molar-refractivity contribution in [2.24, 2.45) is 22.2 Å². The van der Waals surface area contributed by atoms with Gasteiger partial charge < -0.3 is 9.80 Å². The van der Waals surface area contributed by atoms with E-state index >= 15 is 0 Å². The Morgan fingerprint density at radius 3 is 2.15 bits per heavy atom. The zero-order chi connectivity index (χ0) is 39.3. The SMILES string of the molecule is C/C=C/C(C)CCC(C)(C)/C=C/CN1CC2=CN(C/C=C/C(C)(C)C)C(C)=C(/C=C(\C)C(C)(C)C)B2c2c1sc1cc3c(cc21)C(C)(C)CCC3(C)C. The Bertz CT molecular complexity index is 1860. The highest BCUT2D eigenvalue weighted by Gasteiger charge is 2.43. The smallest absolute Gasteiger partial charge is 0.247 e. The normalized spacial score (nSPS) is 20.2. The van der Waals surface area contributed by atoms with Crippen molar-refractivity contribution in [3.05, 3.63) is 94.2 Å². The molecule has 0 N–H and O–H groups in total. The minimum atomic E-state index is 0.0999. The van der Waals surface area contributed by atoms with E-state index in [-0.39, 0.29) is 33.8 Å². The van der Waals surface area contributed by atoms with Gasteiger partial charge in [-0.2, -0.15) is 0 Å². The lowest BCUT2D eigenvalue weighted by atomic mass is 9.33. The minimum Gasteiger partial charge on any atom is -0.357 e. The number of benzene rings is 1. The summed E-state index contributed by atoms with van der Waals surface area (Å²) in [6, 6.07) is 5.26. The fourth-order valence-corrected chi connectivity index (χ4v) is 9.76. The van der Waals surface area contributed by atoms with E-state index in [0.717, 1.165) is 19.6 Å². The van der Waals surface area contributed by atoms with Gasteiger partial charge in [0.1, 0.15) is 0 Å². The van der Waals surface area contributed by atoms with Crippen LogP contribution in [-0.2, 0) is 10.8 Å². The second kappa shape index (κ2) is 15.1. The Balaban J connectivity index is 1.69. The maximum atomic E-state index is 2.70. The molecule has 1 aliphatic carbocycles.